The summed E-state index contributed by atoms with van der Waals surface area (Å²) in [5, 5.41) is 8.36. The van der Waals surface area contributed by atoms with E-state index in [-0.39, 0.29) is 12.0 Å². The number of methoxy groups -OCH3 is 1. The minimum atomic E-state index is -1.21. The Bertz CT molecular complexity index is 197. The molecule has 11 heavy (non-hydrogen) atoms. The van der Waals surface area contributed by atoms with E-state index in [0.717, 1.165) is 6.20 Å². The molecule has 0 amide bonds. The van der Waals surface area contributed by atoms with E-state index in [1.807, 2.05) is 0 Å². The SMILES string of the molecule is COC(=O)CC(=CN)C(=O)O. The average molecular weight is 159 g/mol. The Morgan fingerprint density at radius 3 is 2.45 bits per heavy atom. The summed E-state index contributed by atoms with van der Waals surface area (Å²) in [7, 11) is 1.18. The van der Waals surface area contributed by atoms with Crippen LogP contribution in [0.2, 0.25) is 0 Å². The van der Waals surface area contributed by atoms with E-state index in [2.05, 4.69) is 4.74 Å². The first-order valence-corrected chi connectivity index (χ1v) is 2.82. The lowest BCUT2D eigenvalue weighted by Gasteiger charge is -1.98. The molecule has 0 bridgehead atoms. The largest absolute Gasteiger partial charge is 0.478 e. The van der Waals surface area contributed by atoms with E-state index < -0.39 is 11.9 Å². The van der Waals surface area contributed by atoms with E-state index in [1.165, 1.54) is 7.11 Å². The molecule has 5 heteroatoms. The molecule has 3 N–H and O–H groups in total. The fourth-order valence-corrected chi connectivity index (χ4v) is 0.433. The topological polar surface area (TPSA) is 89.6 Å². The van der Waals surface area contributed by atoms with Gasteiger partial charge in [-0.2, -0.15) is 0 Å². The van der Waals surface area contributed by atoms with Crippen LogP contribution in [0.25, 0.3) is 0 Å². The summed E-state index contributed by atoms with van der Waals surface area (Å²) in [4.78, 5) is 20.7. The van der Waals surface area contributed by atoms with Gasteiger partial charge in [0.1, 0.15) is 0 Å². The molecule has 0 saturated heterocycles. The van der Waals surface area contributed by atoms with Crippen LogP contribution in [0.1, 0.15) is 6.42 Å². The smallest absolute Gasteiger partial charge is 0.333 e. The number of rotatable bonds is 3. The molecule has 0 rings (SSSR count). The summed E-state index contributed by atoms with van der Waals surface area (Å²) in [5.41, 5.74) is 4.76. The third kappa shape index (κ3) is 3.24. The Morgan fingerprint density at radius 2 is 2.18 bits per heavy atom. The van der Waals surface area contributed by atoms with E-state index >= 15 is 0 Å². The van der Waals surface area contributed by atoms with Crippen molar-refractivity contribution in [3.8, 4) is 0 Å². The lowest BCUT2D eigenvalue weighted by Crippen LogP contribution is -2.10. The van der Waals surface area contributed by atoms with E-state index in [0.29, 0.717) is 0 Å². The molecule has 0 unspecified atom stereocenters. The number of carbonyl (C=O) groups excluding carboxylic acids is 1. The first kappa shape index (κ1) is 9.48. The van der Waals surface area contributed by atoms with Gasteiger partial charge in [-0.15, -0.1) is 0 Å². The maximum Gasteiger partial charge on any atom is 0.333 e. The second kappa shape index (κ2) is 4.32. The molecule has 5 nitrogen and oxygen atoms in total. The van der Waals surface area contributed by atoms with Crippen LogP contribution in [0.15, 0.2) is 11.8 Å². The molecule has 0 aliphatic rings. The van der Waals surface area contributed by atoms with Crippen molar-refractivity contribution >= 4 is 11.9 Å². The summed E-state index contributed by atoms with van der Waals surface area (Å²) in [6, 6.07) is 0. The van der Waals surface area contributed by atoms with Crippen LogP contribution >= 0.6 is 0 Å². The van der Waals surface area contributed by atoms with Gasteiger partial charge in [0.15, 0.2) is 0 Å². The number of ether oxygens (including phenoxy) is 1. The van der Waals surface area contributed by atoms with Crippen molar-refractivity contribution in [1.82, 2.24) is 0 Å². The second-order valence-corrected chi connectivity index (χ2v) is 1.75. The molecular formula is C6H9NO4. The number of esters is 1. The molecule has 0 aromatic carbocycles. The molecule has 0 heterocycles. The van der Waals surface area contributed by atoms with Crippen molar-refractivity contribution in [2.45, 2.75) is 6.42 Å². The van der Waals surface area contributed by atoms with E-state index in [4.69, 9.17) is 10.8 Å². The maximum atomic E-state index is 10.5. The van der Waals surface area contributed by atoms with Crippen molar-refractivity contribution in [1.29, 1.82) is 0 Å². The number of aliphatic carboxylic acids is 1. The van der Waals surface area contributed by atoms with Crippen LogP contribution in [0.5, 0.6) is 0 Å². The number of hydrogen-bond acceptors (Lipinski definition) is 4. The molecule has 0 fully saturated rings. The number of hydrogen-bond donors (Lipinski definition) is 2. The van der Waals surface area contributed by atoms with Crippen molar-refractivity contribution in [2.75, 3.05) is 7.11 Å². The third-order valence-electron chi connectivity index (χ3n) is 1.04. The lowest BCUT2D eigenvalue weighted by molar-refractivity contribution is -0.142. The van der Waals surface area contributed by atoms with Crippen molar-refractivity contribution < 1.29 is 19.4 Å². The monoisotopic (exact) mass is 159 g/mol. The van der Waals surface area contributed by atoms with Crippen molar-refractivity contribution in [3.63, 3.8) is 0 Å². The van der Waals surface area contributed by atoms with Crippen LogP contribution in [0.3, 0.4) is 0 Å². The van der Waals surface area contributed by atoms with Gasteiger partial charge in [-0.3, -0.25) is 4.79 Å². The Balaban J connectivity index is 4.12. The second-order valence-electron chi connectivity index (χ2n) is 1.75. The number of carbonyl (C=O) groups is 2. The van der Waals surface area contributed by atoms with Gasteiger partial charge >= 0.3 is 11.9 Å². The Labute approximate surface area is 63.4 Å². The van der Waals surface area contributed by atoms with Gasteiger partial charge in [-0.1, -0.05) is 0 Å². The van der Waals surface area contributed by atoms with Gasteiger partial charge in [0.25, 0.3) is 0 Å². The van der Waals surface area contributed by atoms with Crippen LogP contribution in [0.4, 0.5) is 0 Å². The van der Waals surface area contributed by atoms with Crippen LogP contribution < -0.4 is 5.73 Å². The molecule has 0 aromatic rings. The average Bonchev–Trinajstić information content (AvgIpc) is 1.99. The summed E-state index contributed by atoms with van der Waals surface area (Å²) in [6.07, 6.45) is 0.571. The maximum absolute atomic E-state index is 10.5. The summed E-state index contributed by atoms with van der Waals surface area (Å²) in [6.45, 7) is 0. The van der Waals surface area contributed by atoms with Crippen LogP contribution in [-0.4, -0.2) is 24.2 Å². The molecule has 0 aromatic heterocycles. The minimum Gasteiger partial charge on any atom is -0.478 e. The quantitative estimate of drug-likeness (QED) is 0.427. The molecular weight excluding hydrogens is 150 g/mol. The normalized spacial score (nSPS) is 10.8. The first-order chi connectivity index (χ1) is 5.11. The predicted octanol–water partition coefficient (Wildman–Crippen LogP) is -0.523. The highest BCUT2D eigenvalue weighted by Gasteiger charge is 2.11. The first-order valence-electron chi connectivity index (χ1n) is 2.82. The standard InChI is InChI=1S/C6H9NO4/c1-11-5(8)2-4(3-7)6(9)10/h3H,2,7H2,1H3,(H,9,10). The Morgan fingerprint density at radius 1 is 1.64 bits per heavy atom. The van der Waals surface area contributed by atoms with E-state index in [1.54, 1.807) is 0 Å². The van der Waals surface area contributed by atoms with Gasteiger partial charge in [-0.05, 0) is 0 Å². The van der Waals surface area contributed by atoms with Gasteiger partial charge in [0.05, 0.1) is 19.1 Å². The molecule has 0 saturated carbocycles. The highest BCUT2D eigenvalue weighted by molar-refractivity contribution is 5.92. The number of carboxylic acids is 1. The zero-order chi connectivity index (χ0) is 8.85. The number of carboxylic acid groups (broad SMARTS) is 1. The van der Waals surface area contributed by atoms with Gasteiger partial charge in [0, 0.05) is 6.20 Å². The minimum absolute atomic E-state index is 0.170. The summed E-state index contributed by atoms with van der Waals surface area (Å²) in [5.74, 6) is -1.83. The Kier molecular flexibility index (Phi) is 3.72. The highest BCUT2D eigenvalue weighted by atomic mass is 16.5. The summed E-state index contributed by atoms with van der Waals surface area (Å²) < 4.78 is 4.23. The van der Waals surface area contributed by atoms with Gasteiger partial charge in [-0.25, -0.2) is 4.79 Å². The van der Waals surface area contributed by atoms with Crippen molar-refractivity contribution in [3.05, 3.63) is 11.8 Å². The fourth-order valence-electron chi connectivity index (χ4n) is 0.433. The van der Waals surface area contributed by atoms with Gasteiger partial charge < -0.3 is 15.6 Å². The zero-order valence-corrected chi connectivity index (χ0v) is 6.03. The lowest BCUT2D eigenvalue weighted by atomic mass is 10.2. The molecule has 0 radical (unpaired) electrons. The van der Waals surface area contributed by atoms with Crippen molar-refractivity contribution in [2.24, 2.45) is 5.73 Å². The zero-order valence-electron chi connectivity index (χ0n) is 6.03. The molecule has 62 valence electrons. The van der Waals surface area contributed by atoms with Gasteiger partial charge in [0.2, 0.25) is 0 Å². The molecule has 0 atom stereocenters. The van der Waals surface area contributed by atoms with E-state index in [9.17, 15) is 9.59 Å². The molecule has 0 aliphatic heterocycles. The summed E-state index contributed by atoms with van der Waals surface area (Å²) >= 11 is 0. The third-order valence-corrected chi connectivity index (χ3v) is 1.04. The molecule has 0 aliphatic carbocycles. The van der Waals surface area contributed by atoms with Crippen LogP contribution in [-0.2, 0) is 14.3 Å². The Hall–Kier alpha value is -1.52. The highest BCUT2D eigenvalue weighted by Crippen LogP contribution is 2.00. The predicted molar refractivity (Wildman–Crippen MR) is 36.5 cm³/mol. The fraction of sp³-hybridized carbons (Fsp3) is 0.333. The number of nitrogens with two attached hydrogens (primary N) is 1. The van der Waals surface area contributed by atoms with Crippen LogP contribution in [0, 0.1) is 0 Å². The molecule has 0 spiro atoms.